The third-order valence-corrected chi connectivity index (χ3v) is 3.20. The number of nitrogens with one attached hydrogen (secondary N) is 1. The van der Waals surface area contributed by atoms with E-state index in [4.69, 9.17) is 0 Å². The van der Waals surface area contributed by atoms with Crippen LogP contribution in [0.5, 0.6) is 0 Å². The summed E-state index contributed by atoms with van der Waals surface area (Å²) < 4.78 is 0. The Labute approximate surface area is 87.5 Å². The number of aliphatic hydroxyl groups excluding tert-OH is 1. The van der Waals surface area contributed by atoms with Crippen molar-refractivity contribution in [2.45, 2.75) is 39.8 Å². The van der Waals surface area contributed by atoms with E-state index in [0.29, 0.717) is 6.04 Å². The fourth-order valence-corrected chi connectivity index (χ4v) is 1.82. The van der Waals surface area contributed by atoms with Crippen LogP contribution in [0.25, 0.3) is 0 Å². The highest BCUT2D eigenvalue weighted by atomic mass is 16.3. The van der Waals surface area contributed by atoms with E-state index in [2.05, 4.69) is 37.9 Å². The summed E-state index contributed by atoms with van der Waals surface area (Å²) in [6.07, 6.45) is -0.220. The lowest BCUT2D eigenvalue weighted by molar-refractivity contribution is 0.0688. The fraction of sp³-hybridized carbons (Fsp3) is 1.00. The maximum absolute atomic E-state index is 9.67. The molecule has 1 rings (SSSR count). The Hall–Kier alpha value is -0.120. The largest absolute Gasteiger partial charge is 0.390 e. The van der Waals surface area contributed by atoms with Gasteiger partial charge in [-0.1, -0.05) is 20.8 Å². The molecule has 0 saturated carbocycles. The highest BCUT2D eigenvalue weighted by Gasteiger charge is 2.28. The third-order valence-electron chi connectivity index (χ3n) is 3.20. The van der Waals surface area contributed by atoms with Gasteiger partial charge in [0.2, 0.25) is 0 Å². The molecule has 84 valence electrons. The van der Waals surface area contributed by atoms with Crippen LogP contribution in [-0.4, -0.2) is 48.3 Å². The summed E-state index contributed by atoms with van der Waals surface area (Å²) in [5, 5.41) is 12.9. The van der Waals surface area contributed by atoms with Gasteiger partial charge in [0.05, 0.1) is 6.10 Å². The third kappa shape index (κ3) is 3.23. The lowest BCUT2D eigenvalue weighted by Crippen LogP contribution is -2.45. The Morgan fingerprint density at radius 3 is 2.64 bits per heavy atom. The monoisotopic (exact) mass is 200 g/mol. The van der Waals surface area contributed by atoms with E-state index in [1.165, 1.54) is 0 Å². The molecular weight excluding hydrogens is 176 g/mol. The highest BCUT2D eigenvalue weighted by Crippen LogP contribution is 2.24. The van der Waals surface area contributed by atoms with Crippen molar-refractivity contribution in [3.8, 4) is 0 Å². The Balaban J connectivity index is 2.57. The fourth-order valence-electron chi connectivity index (χ4n) is 1.82. The Bertz CT molecular complexity index is 177. The predicted octanol–water partition coefficient (Wildman–Crippen LogP) is 0.687. The molecule has 2 atom stereocenters. The van der Waals surface area contributed by atoms with Gasteiger partial charge in [-0.2, -0.15) is 0 Å². The number of hydrogen-bond donors (Lipinski definition) is 2. The van der Waals surface area contributed by atoms with Crippen LogP contribution in [-0.2, 0) is 0 Å². The zero-order valence-corrected chi connectivity index (χ0v) is 9.88. The second-order valence-corrected chi connectivity index (χ2v) is 5.39. The average Bonchev–Trinajstić information content (AvgIpc) is 2.26. The molecule has 14 heavy (non-hydrogen) atoms. The summed E-state index contributed by atoms with van der Waals surface area (Å²) in [5.74, 6) is 0. The molecule has 1 fully saturated rings. The van der Waals surface area contributed by atoms with Crippen LogP contribution in [0.1, 0.15) is 27.7 Å². The van der Waals surface area contributed by atoms with Crippen LogP contribution in [0.3, 0.4) is 0 Å². The van der Waals surface area contributed by atoms with Crippen molar-refractivity contribution in [1.29, 1.82) is 0 Å². The predicted molar refractivity (Wildman–Crippen MR) is 59.4 cm³/mol. The maximum atomic E-state index is 9.67. The van der Waals surface area contributed by atoms with Gasteiger partial charge in [-0.25, -0.2) is 0 Å². The van der Waals surface area contributed by atoms with E-state index >= 15 is 0 Å². The highest BCUT2D eigenvalue weighted by molar-refractivity contribution is 4.83. The van der Waals surface area contributed by atoms with Crippen molar-refractivity contribution in [2.75, 3.05) is 26.2 Å². The lowest BCUT2D eigenvalue weighted by atomic mass is 9.87. The van der Waals surface area contributed by atoms with E-state index in [0.717, 1.165) is 26.2 Å². The summed E-state index contributed by atoms with van der Waals surface area (Å²) in [5.41, 5.74) is 0.282. The van der Waals surface area contributed by atoms with Gasteiger partial charge in [0.1, 0.15) is 0 Å². The van der Waals surface area contributed by atoms with Crippen molar-refractivity contribution < 1.29 is 5.11 Å². The number of aliphatic hydroxyl groups is 1. The van der Waals surface area contributed by atoms with Crippen molar-refractivity contribution in [3.63, 3.8) is 0 Å². The first-order valence-corrected chi connectivity index (χ1v) is 5.54. The smallest absolute Gasteiger partial charge is 0.0791 e. The topological polar surface area (TPSA) is 35.5 Å². The minimum Gasteiger partial charge on any atom is -0.390 e. The van der Waals surface area contributed by atoms with Crippen molar-refractivity contribution in [1.82, 2.24) is 10.2 Å². The normalized spacial score (nSPS) is 28.5. The van der Waals surface area contributed by atoms with E-state index in [9.17, 15) is 5.11 Å². The van der Waals surface area contributed by atoms with Gasteiger partial charge in [0.25, 0.3) is 0 Å². The molecule has 0 amide bonds. The zero-order chi connectivity index (χ0) is 10.8. The molecule has 0 spiro atoms. The van der Waals surface area contributed by atoms with Crippen molar-refractivity contribution >= 4 is 0 Å². The summed E-state index contributed by atoms with van der Waals surface area (Å²) in [4.78, 5) is 2.38. The molecule has 1 aliphatic heterocycles. The Morgan fingerprint density at radius 2 is 2.07 bits per heavy atom. The first-order chi connectivity index (χ1) is 6.41. The lowest BCUT2D eigenvalue weighted by Gasteiger charge is -2.37. The number of nitrogens with zero attached hydrogens (tertiary/aromatic N) is 1. The second kappa shape index (κ2) is 4.60. The van der Waals surface area contributed by atoms with Crippen LogP contribution >= 0.6 is 0 Å². The van der Waals surface area contributed by atoms with Gasteiger partial charge in [0, 0.05) is 32.2 Å². The minimum atomic E-state index is -0.220. The molecule has 0 radical (unpaired) electrons. The van der Waals surface area contributed by atoms with E-state index < -0.39 is 0 Å². The molecule has 3 heteroatoms. The molecule has 0 bridgehead atoms. The Kier molecular flexibility index (Phi) is 3.93. The number of β-amino-alcohol motifs (C(OH)–C–C–N with tert-alkyl or cyclic N) is 1. The number of hydrogen-bond acceptors (Lipinski definition) is 3. The molecule has 1 saturated heterocycles. The molecule has 1 unspecified atom stereocenters. The van der Waals surface area contributed by atoms with Crippen LogP contribution in [0, 0.1) is 5.41 Å². The van der Waals surface area contributed by atoms with Gasteiger partial charge in [-0.15, -0.1) is 0 Å². The van der Waals surface area contributed by atoms with E-state index in [1.54, 1.807) is 0 Å². The molecule has 0 aromatic carbocycles. The SMILES string of the molecule is CC(N1CCNC[C@H](O)C1)C(C)(C)C. The zero-order valence-electron chi connectivity index (χ0n) is 9.88. The molecule has 0 aromatic heterocycles. The van der Waals surface area contributed by atoms with E-state index in [-0.39, 0.29) is 11.5 Å². The maximum Gasteiger partial charge on any atom is 0.0791 e. The van der Waals surface area contributed by atoms with Crippen LogP contribution in [0.4, 0.5) is 0 Å². The van der Waals surface area contributed by atoms with Gasteiger partial charge < -0.3 is 10.4 Å². The summed E-state index contributed by atoms with van der Waals surface area (Å²) in [7, 11) is 0. The van der Waals surface area contributed by atoms with Gasteiger partial charge >= 0.3 is 0 Å². The molecule has 2 N–H and O–H groups in total. The second-order valence-electron chi connectivity index (χ2n) is 5.39. The average molecular weight is 200 g/mol. The van der Waals surface area contributed by atoms with Gasteiger partial charge in [-0.05, 0) is 12.3 Å². The first-order valence-electron chi connectivity index (χ1n) is 5.54. The van der Waals surface area contributed by atoms with Crippen molar-refractivity contribution in [2.24, 2.45) is 5.41 Å². The minimum absolute atomic E-state index is 0.220. The quantitative estimate of drug-likeness (QED) is 0.653. The van der Waals surface area contributed by atoms with E-state index in [1.807, 2.05) is 0 Å². The molecule has 1 aliphatic rings. The van der Waals surface area contributed by atoms with Gasteiger partial charge in [-0.3, -0.25) is 4.90 Å². The van der Waals surface area contributed by atoms with Crippen LogP contribution in [0.15, 0.2) is 0 Å². The molecule has 0 aromatic rings. The standard InChI is InChI=1S/C11H24N2O/c1-9(11(2,3)4)13-6-5-12-7-10(14)8-13/h9-10,12,14H,5-8H2,1-4H3/t9?,10-/m0/s1. The summed E-state index contributed by atoms with van der Waals surface area (Å²) in [6, 6.07) is 0.511. The summed E-state index contributed by atoms with van der Waals surface area (Å²) in [6.45, 7) is 12.6. The molecular formula is C11H24N2O. The first kappa shape index (κ1) is 12.0. The van der Waals surface area contributed by atoms with Crippen LogP contribution in [0.2, 0.25) is 0 Å². The Morgan fingerprint density at radius 1 is 1.43 bits per heavy atom. The summed E-state index contributed by atoms with van der Waals surface area (Å²) >= 11 is 0. The van der Waals surface area contributed by atoms with Gasteiger partial charge in [0.15, 0.2) is 0 Å². The van der Waals surface area contributed by atoms with Crippen LogP contribution < -0.4 is 5.32 Å². The molecule has 3 nitrogen and oxygen atoms in total. The van der Waals surface area contributed by atoms with Crippen molar-refractivity contribution in [3.05, 3.63) is 0 Å². The number of rotatable bonds is 1. The molecule has 0 aliphatic carbocycles. The molecule has 1 heterocycles.